The number of fused-ring (bicyclic) bond motifs is 1. The van der Waals surface area contributed by atoms with Crippen LogP contribution in [0.15, 0.2) is 36.5 Å². The van der Waals surface area contributed by atoms with Crippen molar-refractivity contribution in [2.75, 3.05) is 6.61 Å². The molecule has 5 nitrogen and oxygen atoms in total. The molecule has 1 N–H and O–H groups in total. The average Bonchev–Trinajstić information content (AvgIpc) is 2.47. The zero-order valence-electron chi connectivity index (χ0n) is 12.0. The Bertz CT molecular complexity index is 683. The SMILES string of the molecule is CCOC(=O)C(C)(Cc1ccc2ncccc2c1)C(=O)O. The summed E-state index contributed by atoms with van der Waals surface area (Å²) in [6.07, 6.45) is 1.77. The molecule has 2 rings (SSSR count). The second-order valence-electron chi connectivity index (χ2n) is 5.06. The van der Waals surface area contributed by atoms with Crippen molar-refractivity contribution in [1.82, 2.24) is 4.98 Å². The van der Waals surface area contributed by atoms with Crippen molar-refractivity contribution < 1.29 is 19.4 Å². The summed E-state index contributed by atoms with van der Waals surface area (Å²) in [5.74, 6) is -1.91. The first kappa shape index (κ1) is 15.0. The van der Waals surface area contributed by atoms with Crippen molar-refractivity contribution in [2.24, 2.45) is 5.41 Å². The van der Waals surface area contributed by atoms with E-state index in [1.165, 1.54) is 6.92 Å². The summed E-state index contributed by atoms with van der Waals surface area (Å²) < 4.78 is 4.90. The lowest BCUT2D eigenvalue weighted by atomic mass is 9.83. The molecule has 0 aliphatic heterocycles. The molecule has 5 heteroatoms. The van der Waals surface area contributed by atoms with Crippen molar-refractivity contribution in [3.8, 4) is 0 Å². The van der Waals surface area contributed by atoms with Gasteiger partial charge in [0.15, 0.2) is 5.41 Å². The molecule has 1 atom stereocenters. The summed E-state index contributed by atoms with van der Waals surface area (Å²) in [7, 11) is 0. The summed E-state index contributed by atoms with van der Waals surface area (Å²) in [5, 5.41) is 10.3. The summed E-state index contributed by atoms with van der Waals surface area (Å²) >= 11 is 0. The van der Waals surface area contributed by atoms with E-state index in [4.69, 9.17) is 4.74 Å². The van der Waals surface area contributed by atoms with Crippen LogP contribution in [0.2, 0.25) is 0 Å². The van der Waals surface area contributed by atoms with Gasteiger partial charge in [0.2, 0.25) is 0 Å². The summed E-state index contributed by atoms with van der Waals surface area (Å²) in [6, 6.07) is 9.17. The molecule has 2 aromatic rings. The predicted molar refractivity (Wildman–Crippen MR) is 77.8 cm³/mol. The molecule has 0 spiro atoms. The number of carboxylic acid groups (broad SMARTS) is 1. The van der Waals surface area contributed by atoms with Gasteiger partial charge in [-0.25, -0.2) is 0 Å². The number of ether oxygens (including phenoxy) is 1. The van der Waals surface area contributed by atoms with Gasteiger partial charge in [0, 0.05) is 11.6 Å². The molecule has 0 saturated carbocycles. The van der Waals surface area contributed by atoms with E-state index in [0.717, 1.165) is 16.5 Å². The van der Waals surface area contributed by atoms with E-state index in [2.05, 4.69) is 4.98 Å². The number of carbonyl (C=O) groups is 2. The van der Waals surface area contributed by atoms with Crippen molar-refractivity contribution >= 4 is 22.8 Å². The minimum absolute atomic E-state index is 0.0754. The maximum Gasteiger partial charge on any atom is 0.323 e. The van der Waals surface area contributed by atoms with Crippen LogP contribution in [0, 0.1) is 5.41 Å². The maximum atomic E-state index is 12.0. The van der Waals surface area contributed by atoms with Crippen LogP contribution >= 0.6 is 0 Å². The molecule has 1 heterocycles. The molecule has 0 fully saturated rings. The van der Waals surface area contributed by atoms with E-state index < -0.39 is 17.4 Å². The minimum atomic E-state index is -1.59. The van der Waals surface area contributed by atoms with Crippen LogP contribution in [0.4, 0.5) is 0 Å². The Morgan fingerprint density at radius 1 is 1.33 bits per heavy atom. The van der Waals surface area contributed by atoms with Gasteiger partial charge >= 0.3 is 11.9 Å². The molecule has 0 aliphatic carbocycles. The Balaban J connectivity index is 2.34. The van der Waals surface area contributed by atoms with E-state index >= 15 is 0 Å². The number of hydrogen-bond acceptors (Lipinski definition) is 4. The first-order valence-corrected chi connectivity index (χ1v) is 6.71. The second kappa shape index (κ2) is 5.91. The van der Waals surface area contributed by atoms with Crippen molar-refractivity contribution in [1.29, 1.82) is 0 Å². The number of pyridine rings is 1. The molecule has 1 aromatic heterocycles. The fraction of sp³-hybridized carbons (Fsp3) is 0.312. The summed E-state index contributed by atoms with van der Waals surface area (Å²) in [5.41, 5.74) is -0.00539. The third-order valence-corrected chi connectivity index (χ3v) is 3.42. The fourth-order valence-corrected chi connectivity index (χ4v) is 2.17. The number of rotatable bonds is 5. The largest absolute Gasteiger partial charge is 0.480 e. The number of carboxylic acids is 1. The highest BCUT2D eigenvalue weighted by Gasteiger charge is 2.43. The Hall–Kier alpha value is -2.43. The van der Waals surface area contributed by atoms with Gasteiger partial charge in [-0.15, -0.1) is 0 Å². The number of esters is 1. The number of carbonyl (C=O) groups excluding carboxylic acids is 1. The molecule has 0 aliphatic rings. The Labute approximate surface area is 122 Å². The van der Waals surface area contributed by atoms with Gasteiger partial charge < -0.3 is 9.84 Å². The van der Waals surface area contributed by atoms with Crippen molar-refractivity contribution in [3.05, 3.63) is 42.1 Å². The van der Waals surface area contributed by atoms with E-state index in [0.29, 0.717) is 0 Å². The van der Waals surface area contributed by atoms with Crippen LogP contribution in [-0.4, -0.2) is 28.6 Å². The summed E-state index contributed by atoms with van der Waals surface area (Å²) in [6.45, 7) is 3.20. The highest BCUT2D eigenvalue weighted by Crippen LogP contribution is 2.26. The monoisotopic (exact) mass is 287 g/mol. The van der Waals surface area contributed by atoms with Crippen LogP contribution in [-0.2, 0) is 20.7 Å². The third-order valence-electron chi connectivity index (χ3n) is 3.42. The fourth-order valence-electron chi connectivity index (χ4n) is 2.17. The van der Waals surface area contributed by atoms with Crippen LogP contribution in [0.3, 0.4) is 0 Å². The third kappa shape index (κ3) is 3.02. The topological polar surface area (TPSA) is 76.5 Å². The highest BCUT2D eigenvalue weighted by molar-refractivity contribution is 5.99. The van der Waals surface area contributed by atoms with Gasteiger partial charge in [0.05, 0.1) is 12.1 Å². The Morgan fingerprint density at radius 3 is 2.76 bits per heavy atom. The molecule has 0 bridgehead atoms. The normalized spacial score (nSPS) is 13.6. The lowest BCUT2D eigenvalue weighted by Gasteiger charge is -2.22. The van der Waals surface area contributed by atoms with E-state index in [9.17, 15) is 14.7 Å². The maximum absolute atomic E-state index is 12.0. The van der Waals surface area contributed by atoms with Crippen LogP contribution in [0.1, 0.15) is 19.4 Å². The molecule has 0 saturated heterocycles. The number of benzene rings is 1. The highest BCUT2D eigenvalue weighted by atomic mass is 16.5. The molecule has 1 aromatic carbocycles. The van der Waals surface area contributed by atoms with Crippen molar-refractivity contribution in [3.63, 3.8) is 0 Å². The number of nitrogens with zero attached hydrogens (tertiary/aromatic N) is 1. The van der Waals surface area contributed by atoms with Gasteiger partial charge in [-0.1, -0.05) is 12.1 Å². The second-order valence-corrected chi connectivity index (χ2v) is 5.06. The van der Waals surface area contributed by atoms with E-state index in [1.807, 2.05) is 24.3 Å². The quantitative estimate of drug-likeness (QED) is 0.675. The van der Waals surface area contributed by atoms with E-state index in [-0.39, 0.29) is 13.0 Å². The molecule has 0 radical (unpaired) electrons. The predicted octanol–water partition coefficient (Wildman–Crippen LogP) is 2.43. The number of aromatic nitrogens is 1. The van der Waals surface area contributed by atoms with E-state index in [1.54, 1.807) is 19.2 Å². The average molecular weight is 287 g/mol. The van der Waals surface area contributed by atoms with Gasteiger partial charge in [-0.3, -0.25) is 14.6 Å². The zero-order chi connectivity index (χ0) is 15.5. The standard InChI is InChI=1S/C16H17NO4/c1-3-21-15(20)16(2,14(18)19)10-11-6-7-13-12(9-11)5-4-8-17-13/h4-9H,3,10H2,1-2H3,(H,18,19). The lowest BCUT2D eigenvalue weighted by molar-refractivity contribution is -0.167. The van der Waals surface area contributed by atoms with Gasteiger partial charge in [0.25, 0.3) is 0 Å². The molecule has 110 valence electrons. The number of aliphatic carboxylic acids is 1. The first-order chi connectivity index (χ1) is 9.97. The van der Waals surface area contributed by atoms with Gasteiger partial charge in [-0.2, -0.15) is 0 Å². The molecule has 0 amide bonds. The molecule has 1 unspecified atom stereocenters. The van der Waals surface area contributed by atoms with Gasteiger partial charge in [-0.05, 0) is 44.0 Å². The Morgan fingerprint density at radius 2 is 2.10 bits per heavy atom. The molecular formula is C16H17NO4. The first-order valence-electron chi connectivity index (χ1n) is 6.71. The van der Waals surface area contributed by atoms with Crippen LogP contribution in [0.5, 0.6) is 0 Å². The van der Waals surface area contributed by atoms with Gasteiger partial charge in [0.1, 0.15) is 0 Å². The van der Waals surface area contributed by atoms with Crippen LogP contribution in [0.25, 0.3) is 10.9 Å². The Kier molecular flexibility index (Phi) is 4.21. The smallest absolute Gasteiger partial charge is 0.323 e. The number of hydrogen-bond donors (Lipinski definition) is 1. The zero-order valence-corrected chi connectivity index (χ0v) is 12.0. The lowest BCUT2D eigenvalue weighted by Crippen LogP contribution is -2.40. The van der Waals surface area contributed by atoms with Crippen molar-refractivity contribution in [2.45, 2.75) is 20.3 Å². The molecule has 21 heavy (non-hydrogen) atoms. The minimum Gasteiger partial charge on any atom is -0.480 e. The molecular weight excluding hydrogens is 270 g/mol. The van der Waals surface area contributed by atoms with Crippen LogP contribution < -0.4 is 0 Å². The summed E-state index contributed by atoms with van der Waals surface area (Å²) in [4.78, 5) is 27.7.